The zero-order chi connectivity index (χ0) is 15.1. The number of hydrogen-bond acceptors (Lipinski definition) is 6. The molecule has 0 aliphatic rings. The highest BCUT2D eigenvalue weighted by Crippen LogP contribution is 2.27. The van der Waals surface area contributed by atoms with Crippen molar-refractivity contribution in [1.29, 1.82) is 0 Å². The maximum atomic E-state index is 12.3. The Kier molecular flexibility index (Phi) is 2.86. The number of aromatic amines is 1. The fourth-order valence-electron chi connectivity index (χ4n) is 2.17. The molecule has 0 bridgehead atoms. The van der Waals surface area contributed by atoms with Gasteiger partial charge in [0.1, 0.15) is 11.2 Å². The molecule has 3 aromatic heterocycles. The molecule has 0 unspecified atom stereocenters. The third-order valence-electron chi connectivity index (χ3n) is 3.31. The van der Waals surface area contributed by atoms with E-state index in [0.29, 0.717) is 34.0 Å². The van der Waals surface area contributed by atoms with E-state index in [1.807, 2.05) is 6.92 Å². The molecule has 3 N–H and O–H groups in total. The molecule has 0 spiro atoms. The van der Waals surface area contributed by atoms with Crippen molar-refractivity contribution in [2.45, 2.75) is 6.92 Å². The van der Waals surface area contributed by atoms with E-state index in [9.17, 15) is 4.79 Å². The molecule has 0 radical (unpaired) electrons. The molecular weight excluding hydrogens is 272 g/mol. The predicted molar refractivity (Wildman–Crippen MR) is 78.1 cm³/mol. The van der Waals surface area contributed by atoms with Gasteiger partial charge < -0.3 is 15.5 Å². The number of nitrogen functional groups attached to an aromatic ring is 1. The summed E-state index contributed by atoms with van der Waals surface area (Å²) in [5.74, 6) is 0.654. The van der Waals surface area contributed by atoms with Crippen molar-refractivity contribution in [3.05, 3.63) is 28.3 Å². The van der Waals surface area contributed by atoms with E-state index >= 15 is 0 Å². The number of nitrogens with one attached hydrogen (secondary N) is 1. The normalized spacial score (nSPS) is 11.0. The van der Waals surface area contributed by atoms with Crippen molar-refractivity contribution >= 4 is 16.7 Å². The fourth-order valence-corrected chi connectivity index (χ4v) is 2.17. The lowest BCUT2D eigenvalue weighted by Crippen LogP contribution is -2.10. The van der Waals surface area contributed by atoms with E-state index in [2.05, 4.69) is 20.1 Å². The van der Waals surface area contributed by atoms with Crippen molar-refractivity contribution in [2.24, 2.45) is 7.05 Å². The lowest BCUT2D eigenvalue weighted by Gasteiger charge is -2.07. The van der Waals surface area contributed by atoms with Crippen molar-refractivity contribution in [1.82, 2.24) is 24.7 Å². The van der Waals surface area contributed by atoms with Crippen LogP contribution in [0, 0.1) is 6.92 Å². The van der Waals surface area contributed by atoms with E-state index in [4.69, 9.17) is 10.5 Å². The summed E-state index contributed by atoms with van der Waals surface area (Å²) in [6.45, 7) is 1.81. The number of anilines is 1. The van der Waals surface area contributed by atoms with E-state index in [-0.39, 0.29) is 5.56 Å². The number of aryl methyl sites for hydroxylation is 2. The molecule has 0 fully saturated rings. The number of nitrogens with two attached hydrogens (primary N) is 1. The highest BCUT2D eigenvalue weighted by Gasteiger charge is 2.16. The first-order valence-corrected chi connectivity index (χ1v) is 6.24. The standard InChI is InChI=1S/C13H14N6O2/c1-6-9-11(18-19(6)2)16-10(17-12(9)20)8-4-7(14)5-15-13(8)21-3/h4-5H,14H2,1-3H3,(H,16,17,18,20). The first-order valence-electron chi connectivity index (χ1n) is 6.24. The van der Waals surface area contributed by atoms with Gasteiger partial charge in [0, 0.05) is 7.05 Å². The van der Waals surface area contributed by atoms with Gasteiger partial charge in [0.25, 0.3) is 5.56 Å². The number of aromatic nitrogens is 5. The Morgan fingerprint density at radius 1 is 1.43 bits per heavy atom. The number of pyridine rings is 1. The summed E-state index contributed by atoms with van der Waals surface area (Å²) in [6, 6.07) is 1.64. The molecule has 3 aromatic rings. The van der Waals surface area contributed by atoms with E-state index < -0.39 is 0 Å². The second-order valence-electron chi connectivity index (χ2n) is 4.65. The van der Waals surface area contributed by atoms with Crippen LogP contribution in [-0.2, 0) is 7.05 Å². The van der Waals surface area contributed by atoms with Crippen molar-refractivity contribution in [3.8, 4) is 17.3 Å². The Morgan fingerprint density at radius 2 is 2.19 bits per heavy atom. The molecule has 0 aliphatic heterocycles. The van der Waals surface area contributed by atoms with Gasteiger partial charge in [-0.15, -0.1) is 0 Å². The second-order valence-corrected chi connectivity index (χ2v) is 4.65. The molecule has 0 aromatic carbocycles. The van der Waals surface area contributed by atoms with Crippen LogP contribution in [-0.4, -0.2) is 31.8 Å². The Hall–Kier alpha value is -2.90. The van der Waals surface area contributed by atoms with Crippen LogP contribution in [0.5, 0.6) is 5.88 Å². The van der Waals surface area contributed by atoms with Crippen LogP contribution in [0.25, 0.3) is 22.4 Å². The molecule has 3 rings (SSSR count). The molecule has 0 aliphatic carbocycles. The number of methoxy groups -OCH3 is 1. The number of H-pyrrole nitrogens is 1. The topological polar surface area (TPSA) is 112 Å². The molecule has 8 nitrogen and oxygen atoms in total. The van der Waals surface area contributed by atoms with Gasteiger partial charge in [-0.2, -0.15) is 5.10 Å². The largest absolute Gasteiger partial charge is 0.480 e. The maximum absolute atomic E-state index is 12.3. The molecular formula is C13H14N6O2. The Labute approximate surface area is 119 Å². The van der Waals surface area contributed by atoms with Crippen molar-refractivity contribution in [2.75, 3.05) is 12.8 Å². The van der Waals surface area contributed by atoms with E-state index in [1.54, 1.807) is 17.8 Å². The van der Waals surface area contributed by atoms with Crippen LogP contribution in [0.2, 0.25) is 0 Å². The van der Waals surface area contributed by atoms with Crippen LogP contribution in [0.1, 0.15) is 5.69 Å². The molecule has 21 heavy (non-hydrogen) atoms. The Morgan fingerprint density at radius 3 is 2.90 bits per heavy atom. The third kappa shape index (κ3) is 2.00. The quantitative estimate of drug-likeness (QED) is 0.714. The molecule has 0 amide bonds. The average molecular weight is 286 g/mol. The van der Waals surface area contributed by atoms with Gasteiger partial charge in [0.15, 0.2) is 5.65 Å². The van der Waals surface area contributed by atoms with Gasteiger partial charge in [-0.25, -0.2) is 9.97 Å². The number of nitrogens with zero attached hydrogens (tertiary/aromatic N) is 4. The smallest absolute Gasteiger partial charge is 0.262 e. The molecule has 0 saturated heterocycles. The van der Waals surface area contributed by atoms with Gasteiger partial charge in [-0.1, -0.05) is 0 Å². The lowest BCUT2D eigenvalue weighted by molar-refractivity contribution is 0.399. The van der Waals surface area contributed by atoms with Gasteiger partial charge in [-0.3, -0.25) is 9.48 Å². The van der Waals surface area contributed by atoms with Crippen molar-refractivity contribution in [3.63, 3.8) is 0 Å². The SMILES string of the molecule is COc1ncc(N)cc1-c1nc2nn(C)c(C)c2c(=O)[nH]1. The molecule has 3 heterocycles. The fraction of sp³-hybridized carbons (Fsp3) is 0.231. The highest BCUT2D eigenvalue weighted by atomic mass is 16.5. The minimum absolute atomic E-state index is 0.259. The third-order valence-corrected chi connectivity index (χ3v) is 3.31. The number of ether oxygens (including phenoxy) is 1. The molecule has 0 saturated carbocycles. The Balaban J connectivity index is 2.32. The van der Waals surface area contributed by atoms with Gasteiger partial charge in [0.2, 0.25) is 5.88 Å². The van der Waals surface area contributed by atoms with Crippen LogP contribution in [0.4, 0.5) is 5.69 Å². The summed E-state index contributed by atoms with van der Waals surface area (Å²) in [6.07, 6.45) is 1.48. The number of rotatable bonds is 2. The molecule has 108 valence electrons. The molecule has 8 heteroatoms. The number of hydrogen-bond donors (Lipinski definition) is 2. The maximum Gasteiger partial charge on any atom is 0.262 e. The zero-order valence-electron chi connectivity index (χ0n) is 11.8. The second kappa shape index (κ2) is 4.58. The zero-order valence-corrected chi connectivity index (χ0v) is 11.8. The number of fused-ring (bicyclic) bond motifs is 1. The van der Waals surface area contributed by atoms with Crippen LogP contribution in [0.3, 0.4) is 0 Å². The minimum Gasteiger partial charge on any atom is -0.480 e. The summed E-state index contributed by atoms with van der Waals surface area (Å²) in [5, 5.41) is 4.70. The summed E-state index contributed by atoms with van der Waals surface area (Å²) >= 11 is 0. The highest BCUT2D eigenvalue weighted by molar-refractivity contribution is 5.79. The summed E-state index contributed by atoms with van der Waals surface area (Å²) < 4.78 is 6.80. The van der Waals surface area contributed by atoms with Crippen LogP contribution < -0.4 is 16.0 Å². The summed E-state index contributed by atoms with van der Waals surface area (Å²) in [7, 11) is 3.25. The van der Waals surface area contributed by atoms with E-state index in [1.165, 1.54) is 13.3 Å². The van der Waals surface area contributed by atoms with Crippen LogP contribution >= 0.6 is 0 Å². The van der Waals surface area contributed by atoms with Gasteiger partial charge in [0.05, 0.1) is 30.3 Å². The first kappa shape index (κ1) is 13.1. The van der Waals surface area contributed by atoms with Crippen LogP contribution in [0.15, 0.2) is 17.1 Å². The van der Waals surface area contributed by atoms with Crippen molar-refractivity contribution < 1.29 is 4.74 Å². The summed E-state index contributed by atoms with van der Waals surface area (Å²) in [5.41, 5.74) is 7.57. The lowest BCUT2D eigenvalue weighted by atomic mass is 10.2. The minimum atomic E-state index is -0.259. The van der Waals surface area contributed by atoms with Gasteiger partial charge in [-0.05, 0) is 13.0 Å². The Bertz CT molecular complexity index is 896. The monoisotopic (exact) mass is 286 g/mol. The van der Waals surface area contributed by atoms with E-state index in [0.717, 1.165) is 5.69 Å². The first-order chi connectivity index (χ1) is 10.0. The molecule has 0 atom stereocenters. The predicted octanol–water partition coefficient (Wildman–Crippen LogP) is 0.618. The van der Waals surface area contributed by atoms with Gasteiger partial charge >= 0.3 is 0 Å². The average Bonchev–Trinajstić information content (AvgIpc) is 2.74. The summed E-state index contributed by atoms with van der Waals surface area (Å²) in [4.78, 5) is 23.4.